The molecule has 0 bridgehead atoms. The van der Waals surface area contributed by atoms with Gasteiger partial charge in [-0.2, -0.15) is 0 Å². The van der Waals surface area contributed by atoms with Crippen molar-refractivity contribution >= 4 is 33.1 Å². The molecule has 1 N–H and O–H groups in total. The van der Waals surface area contributed by atoms with Crippen molar-refractivity contribution in [2.24, 2.45) is 0 Å². The topological polar surface area (TPSA) is 27.9 Å². The summed E-state index contributed by atoms with van der Waals surface area (Å²) in [6.45, 7) is 0. The molecule has 0 aliphatic carbocycles. The Bertz CT molecular complexity index is 1260. The minimum absolute atomic E-state index is 0.284. The first-order valence-corrected chi connectivity index (χ1v) is 9.89. The Morgan fingerprint density at radius 2 is 1.43 bits per heavy atom. The molecule has 5 aromatic rings. The molecule has 5 rings (SSSR count). The largest absolute Gasteiger partial charge is 0.713 e. The molecule has 0 aliphatic rings. The monoisotopic (exact) mass is 385 g/mol. The molecule has 2 heterocycles. The van der Waals surface area contributed by atoms with Gasteiger partial charge in [0.25, 0.3) is 0 Å². The number of benzene rings is 3. The van der Waals surface area contributed by atoms with E-state index in [2.05, 4.69) is 52.4 Å². The fourth-order valence-corrected chi connectivity index (χ4v) is 4.79. The first kappa shape index (κ1) is 16.9. The van der Waals surface area contributed by atoms with E-state index in [1.807, 2.05) is 48.9 Å². The molecule has 0 saturated heterocycles. The van der Waals surface area contributed by atoms with Crippen molar-refractivity contribution in [3.63, 3.8) is 0 Å². The molecule has 0 spiro atoms. The average molecular weight is 385 g/mol. The summed E-state index contributed by atoms with van der Waals surface area (Å²) in [5.74, 6) is 1.18. The van der Waals surface area contributed by atoms with Gasteiger partial charge < -0.3 is 14.0 Å². The van der Waals surface area contributed by atoms with Crippen LogP contribution in [0.2, 0.25) is 0 Å². The third kappa shape index (κ3) is 2.42. The van der Waals surface area contributed by atoms with E-state index in [9.17, 15) is 5.11 Å². The molecule has 138 valence electrons. The van der Waals surface area contributed by atoms with Gasteiger partial charge in [-0.3, -0.25) is 0 Å². The van der Waals surface area contributed by atoms with Crippen molar-refractivity contribution in [3.8, 4) is 27.6 Å². The Morgan fingerprint density at radius 1 is 0.857 bits per heavy atom. The predicted molar refractivity (Wildman–Crippen MR) is 118 cm³/mol. The van der Waals surface area contributed by atoms with Crippen LogP contribution in [0.3, 0.4) is 0 Å². The van der Waals surface area contributed by atoms with E-state index < -0.39 is 0 Å². The predicted octanol–water partition coefficient (Wildman–Crippen LogP) is 6.90. The van der Waals surface area contributed by atoms with Crippen molar-refractivity contribution < 1.29 is 9.47 Å². The number of para-hydroxylation sites is 3. The van der Waals surface area contributed by atoms with Gasteiger partial charge in [-0.25, -0.2) is 0 Å². The number of thiophene rings is 1. The quantitative estimate of drug-likeness (QED) is 0.265. The highest BCUT2D eigenvalue weighted by molar-refractivity contribution is 7.14. The third-order valence-electron chi connectivity index (χ3n) is 5.07. The lowest BCUT2D eigenvalue weighted by molar-refractivity contribution is 0.0927. The Labute approximate surface area is 167 Å². The number of fused-ring (bicyclic) bond motifs is 3. The average Bonchev–Trinajstić information content (AvgIpc) is 3.25. The summed E-state index contributed by atoms with van der Waals surface area (Å²) < 4.78 is 4.81. The van der Waals surface area contributed by atoms with Gasteiger partial charge in [-0.05, 0) is 25.3 Å². The van der Waals surface area contributed by atoms with E-state index in [1.165, 1.54) is 22.1 Å². The van der Waals surface area contributed by atoms with Crippen LogP contribution in [0.4, 0.5) is 0 Å². The van der Waals surface area contributed by atoms with Gasteiger partial charge in [-0.1, -0.05) is 48.5 Å². The molecular weight excluding hydrogens is 366 g/mol. The number of nitrogens with zero attached hydrogens (tertiary/aromatic N) is 1. The summed E-state index contributed by atoms with van der Waals surface area (Å²) in [7, 11) is 5.76. The van der Waals surface area contributed by atoms with Crippen molar-refractivity contribution in [3.05, 3.63) is 85.3 Å². The lowest BCUT2D eigenvalue weighted by Gasteiger charge is -2.23. The second-order valence-corrected chi connectivity index (χ2v) is 7.68. The van der Waals surface area contributed by atoms with Crippen molar-refractivity contribution in [2.45, 2.75) is 0 Å². The first-order chi connectivity index (χ1) is 13.7. The molecule has 2 aromatic heterocycles. The molecule has 0 saturated carbocycles. The van der Waals surface area contributed by atoms with Crippen molar-refractivity contribution in [1.82, 2.24) is 4.57 Å². The van der Waals surface area contributed by atoms with Gasteiger partial charge in [0.15, 0.2) is 5.75 Å². The molecule has 4 heteroatoms. The summed E-state index contributed by atoms with van der Waals surface area (Å²) >= 11 is 1.54. The molecule has 0 radical (unpaired) electrons. The zero-order valence-corrected chi connectivity index (χ0v) is 16.2. The van der Waals surface area contributed by atoms with Gasteiger partial charge >= 0.3 is 0 Å². The highest BCUT2D eigenvalue weighted by atomic mass is 32.1. The number of rotatable bonds is 3. The molecule has 0 amide bonds. The highest BCUT2D eigenvalue weighted by Gasteiger charge is 2.21. The van der Waals surface area contributed by atoms with Crippen LogP contribution in [0.1, 0.15) is 0 Å². The first-order valence-electron chi connectivity index (χ1n) is 9.01. The highest BCUT2D eigenvalue weighted by Crippen LogP contribution is 2.47. The van der Waals surface area contributed by atoms with Crippen LogP contribution in [-0.4, -0.2) is 16.8 Å². The van der Waals surface area contributed by atoms with Crippen molar-refractivity contribution in [2.75, 3.05) is 7.11 Å². The van der Waals surface area contributed by atoms with Crippen LogP contribution >= 0.6 is 11.3 Å². The second kappa shape index (κ2) is 6.43. The molecule has 3 nitrogen and oxygen atoms in total. The van der Waals surface area contributed by atoms with Gasteiger partial charge in [-0.15, -0.1) is 11.3 Å². The van der Waals surface area contributed by atoms with Gasteiger partial charge in [0, 0.05) is 22.2 Å². The zero-order valence-electron chi connectivity index (χ0n) is 15.4. The smallest absolute Gasteiger partial charge is 0.235 e. The summed E-state index contributed by atoms with van der Waals surface area (Å²) in [6.07, 6.45) is 0. The maximum Gasteiger partial charge on any atom is 0.235 e. The maximum absolute atomic E-state index is 11.2. The van der Waals surface area contributed by atoms with E-state index in [0.717, 1.165) is 32.9 Å². The lowest BCUT2D eigenvalue weighted by Crippen LogP contribution is -1.93. The van der Waals surface area contributed by atoms with E-state index in [0.29, 0.717) is 0 Å². The molecular formula is C24H19NO2S. The zero-order chi connectivity index (χ0) is 19.3. The Hall–Kier alpha value is -3.24. The molecule has 0 atom stereocenters. The second-order valence-electron chi connectivity index (χ2n) is 6.80. The van der Waals surface area contributed by atoms with Gasteiger partial charge in [0.1, 0.15) is 7.11 Å². The SMILES string of the molecule is [CH2-][O+](C)c1ccccc1-c1scc(-n2c3ccccc3c3ccccc32)c1O. The summed E-state index contributed by atoms with van der Waals surface area (Å²) in [6, 6.07) is 24.5. The number of hydrogen-bond acceptors (Lipinski definition) is 2. The summed E-state index contributed by atoms with van der Waals surface area (Å²) in [5, 5.41) is 15.6. The molecule has 28 heavy (non-hydrogen) atoms. The van der Waals surface area contributed by atoms with Gasteiger partial charge in [0.05, 0.1) is 27.2 Å². The fraction of sp³-hybridized carbons (Fsp3) is 0.0417. The molecule has 0 unspecified atom stereocenters. The number of aromatic nitrogens is 1. The van der Waals surface area contributed by atoms with Crippen LogP contribution < -0.4 is 0 Å². The standard InChI is InChI=1S/C24H19NO2S/c1-27(2)22-14-8-5-11-18(22)24-23(26)21(15-28-24)25-19-12-6-3-9-16(19)17-10-4-7-13-20(17)25/h3-15,26H,1H2,2H3. The van der Waals surface area contributed by atoms with Gasteiger partial charge in [0.2, 0.25) is 5.75 Å². The number of hydrogen-bond donors (Lipinski definition) is 1. The van der Waals surface area contributed by atoms with E-state index >= 15 is 0 Å². The van der Waals surface area contributed by atoms with Crippen LogP contribution in [0.15, 0.2) is 78.2 Å². The van der Waals surface area contributed by atoms with E-state index in [1.54, 1.807) is 0 Å². The van der Waals surface area contributed by atoms with Crippen LogP contribution in [0.25, 0.3) is 37.9 Å². The van der Waals surface area contributed by atoms with Crippen LogP contribution in [0, 0.1) is 7.11 Å². The summed E-state index contributed by atoms with van der Waals surface area (Å²) in [4.78, 5) is 0.829. The Morgan fingerprint density at radius 3 is 2.07 bits per heavy atom. The third-order valence-corrected chi connectivity index (χ3v) is 6.06. The normalized spacial score (nSPS) is 11.4. The Balaban J connectivity index is 1.80. The van der Waals surface area contributed by atoms with Crippen LogP contribution in [0.5, 0.6) is 11.5 Å². The van der Waals surface area contributed by atoms with Crippen LogP contribution in [-0.2, 0) is 4.37 Å². The minimum Gasteiger partial charge on any atom is -0.713 e. The van der Waals surface area contributed by atoms with E-state index in [4.69, 9.17) is 0 Å². The molecule has 0 fully saturated rings. The summed E-state index contributed by atoms with van der Waals surface area (Å²) in [5.41, 5.74) is 3.91. The van der Waals surface area contributed by atoms with E-state index in [-0.39, 0.29) is 5.75 Å². The Kier molecular flexibility index (Phi) is 3.88. The number of aromatic hydroxyl groups is 1. The fourth-order valence-electron chi connectivity index (χ4n) is 3.83. The van der Waals surface area contributed by atoms with Crippen molar-refractivity contribution in [1.29, 1.82) is 0 Å². The minimum atomic E-state index is 0.284. The lowest BCUT2D eigenvalue weighted by atomic mass is 10.1. The maximum atomic E-state index is 11.2. The molecule has 0 aliphatic heterocycles. The molecule has 3 aromatic carbocycles.